The highest BCUT2D eigenvalue weighted by Crippen LogP contribution is 2.21. The zero-order chi connectivity index (χ0) is 16.2. The number of carbonyl (C=O) groups is 1. The van der Waals surface area contributed by atoms with Crippen molar-refractivity contribution in [3.8, 4) is 0 Å². The van der Waals surface area contributed by atoms with Crippen LogP contribution in [0.5, 0.6) is 0 Å². The van der Waals surface area contributed by atoms with Crippen LogP contribution in [-0.4, -0.2) is 23.3 Å². The zero-order valence-electron chi connectivity index (χ0n) is 12.1. The van der Waals surface area contributed by atoms with E-state index in [1.807, 2.05) is 19.2 Å². The van der Waals surface area contributed by atoms with Gasteiger partial charge in [-0.2, -0.15) is 0 Å². The Morgan fingerprint density at radius 1 is 1.33 bits per heavy atom. The summed E-state index contributed by atoms with van der Waals surface area (Å²) in [5.41, 5.74) is -1.89. The minimum Gasteiger partial charge on any atom is -0.388 e. The second-order valence-electron chi connectivity index (χ2n) is 5.22. The number of benzene rings is 1. The molecule has 0 saturated heterocycles. The smallest absolute Gasteiger partial charge is 0.319 e. The van der Waals surface area contributed by atoms with Crippen LogP contribution >= 0.6 is 0 Å². The largest absolute Gasteiger partial charge is 0.388 e. The first-order chi connectivity index (χ1) is 9.67. The average molecular weight is 304 g/mol. The van der Waals surface area contributed by atoms with Crippen LogP contribution in [0.15, 0.2) is 12.1 Å². The third-order valence-electron chi connectivity index (χ3n) is 3.53. The highest BCUT2D eigenvalue weighted by atomic mass is 19.1. The Kier molecular flexibility index (Phi) is 5.60. The molecule has 21 heavy (non-hydrogen) atoms. The van der Waals surface area contributed by atoms with Crippen molar-refractivity contribution in [3.63, 3.8) is 0 Å². The third-order valence-corrected chi connectivity index (χ3v) is 3.53. The van der Waals surface area contributed by atoms with Crippen molar-refractivity contribution in [1.82, 2.24) is 5.32 Å². The van der Waals surface area contributed by atoms with Gasteiger partial charge in [0, 0.05) is 18.7 Å². The molecule has 0 saturated carbocycles. The lowest BCUT2D eigenvalue weighted by Crippen LogP contribution is -2.46. The van der Waals surface area contributed by atoms with Gasteiger partial charge in [0.05, 0.1) is 5.60 Å². The Bertz CT molecular complexity index is 498. The van der Waals surface area contributed by atoms with E-state index in [1.54, 1.807) is 6.92 Å². The van der Waals surface area contributed by atoms with Crippen LogP contribution < -0.4 is 10.6 Å². The summed E-state index contributed by atoms with van der Waals surface area (Å²) in [5, 5.41) is 14.4. The molecule has 0 fully saturated rings. The maximum Gasteiger partial charge on any atom is 0.319 e. The number of carbonyl (C=O) groups excluding carboxylic acids is 1. The summed E-state index contributed by atoms with van der Waals surface area (Å²) in [4.78, 5) is 11.6. The van der Waals surface area contributed by atoms with Crippen molar-refractivity contribution in [2.75, 3.05) is 11.9 Å². The molecular formula is C14H19F3N2O2. The minimum atomic E-state index is -1.21. The van der Waals surface area contributed by atoms with Gasteiger partial charge in [0.2, 0.25) is 0 Å². The molecule has 0 aromatic heterocycles. The van der Waals surface area contributed by atoms with Crippen LogP contribution in [0, 0.1) is 23.4 Å². The average Bonchev–Trinajstić information content (AvgIpc) is 2.39. The molecular weight excluding hydrogens is 285 g/mol. The number of amides is 2. The quantitative estimate of drug-likeness (QED) is 0.783. The molecule has 0 bridgehead atoms. The van der Waals surface area contributed by atoms with Crippen LogP contribution in [0.4, 0.5) is 23.7 Å². The summed E-state index contributed by atoms with van der Waals surface area (Å²) in [6.07, 6.45) is 0.706. The first-order valence-electron chi connectivity index (χ1n) is 6.59. The van der Waals surface area contributed by atoms with E-state index in [0.29, 0.717) is 18.6 Å². The Morgan fingerprint density at radius 3 is 2.33 bits per heavy atom. The number of hydrogen-bond donors (Lipinski definition) is 3. The fourth-order valence-electron chi connectivity index (χ4n) is 1.69. The van der Waals surface area contributed by atoms with Gasteiger partial charge in [0.25, 0.3) is 0 Å². The van der Waals surface area contributed by atoms with Gasteiger partial charge >= 0.3 is 6.03 Å². The first-order valence-corrected chi connectivity index (χ1v) is 6.59. The second kappa shape index (κ2) is 6.80. The van der Waals surface area contributed by atoms with Crippen molar-refractivity contribution >= 4 is 11.7 Å². The molecule has 2 atom stereocenters. The highest BCUT2D eigenvalue weighted by Gasteiger charge is 2.27. The molecule has 0 aliphatic heterocycles. The zero-order valence-corrected chi connectivity index (χ0v) is 12.1. The molecule has 3 N–H and O–H groups in total. The standard InChI is InChI=1S/C14H19F3N2O2/c1-4-8(2)14(3,21)7-18-13(20)19-12-10(16)5-9(15)6-11(12)17/h5-6,8,21H,4,7H2,1-3H3,(H2,18,19,20). The van der Waals surface area contributed by atoms with E-state index in [0.717, 1.165) is 0 Å². The molecule has 118 valence electrons. The van der Waals surface area contributed by atoms with E-state index in [-0.39, 0.29) is 12.5 Å². The number of urea groups is 1. The molecule has 1 aromatic rings. The number of halogens is 3. The molecule has 7 heteroatoms. The molecule has 1 aromatic carbocycles. The van der Waals surface area contributed by atoms with Gasteiger partial charge in [-0.15, -0.1) is 0 Å². The lowest BCUT2D eigenvalue weighted by atomic mass is 9.89. The Hall–Kier alpha value is -1.76. The van der Waals surface area contributed by atoms with Gasteiger partial charge in [0.1, 0.15) is 11.5 Å². The van der Waals surface area contributed by atoms with Crippen LogP contribution in [0.2, 0.25) is 0 Å². The van der Waals surface area contributed by atoms with Gasteiger partial charge in [-0.05, 0) is 12.8 Å². The van der Waals surface area contributed by atoms with Gasteiger partial charge in [-0.3, -0.25) is 0 Å². The molecule has 0 spiro atoms. The van der Waals surface area contributed by atoms with E-state index >= 15 is 0 Å². The summed E-state index contributed by atoms with van der Waals surface area (Å²) in [6.45, 7) is 5.18. The van der Waals surface area contributed by atoms with Crippen molar-refractivity contribution < 1.29 is 23.1 Å². The van der Waals surface area contributed by atoms with E-state index in [4.69, 9.17) is 0 Å². The van der Waals surface area contributed by atoms with Crippen molar-refractivity contribution in [3.05, 3.63) is 29.6 Å². The van der Waals surface area contributed by atoms with Crippen molar-refractivity contribution in [2.45, 2.75) is 32.8 Å². The SMILES string of the molecule is CCC(C)C(C)(O)CNC(=O)Nc1c(F)cc(F)cc1F. The topological polar surface area (TPSA) is 61.4 Å². The summed E-state index contributed by atoms with van der Waals surface area (Å²) >= 11 is 0. The third kappa shape index (κ3) is 4.63. The molecule has 4 nitrogen and oxygen atoms in total. The maximum absolute atomic E-state index is 13.4. The summed E-state index contributed by atoms with van der Waals surface area (Å²) in [6, 6.07) is 0.0464. The van der Waals surface area contributed by atoms with Gasteiger partial charge in [-0.25, -0.2) is 18.0 Å². The fourth-order valence-corrected chi connectivity index (χ4v) is 1.69. The van der Waals surface area contributed by atoms with E-state index < -0.39 is 34.8 Å². The fraction of sp³-hybridized carbons (Fsp3) is 0.500. The predicted octanol–water partition coefficient (Wildman–Crippen LogP) is 3.02. The van der Waals surface area contributed by atoms with Gasteiger partial charge < -0.3 is 15.7 Å². The molecule has 0 aliphatic rings. The Balaban J connectivity index is 2.67. The molecule has 2 unspecified atom stereocenters. The first kappa shape index (κ1) is 17.3. The Morgan fingerprint density at radius 2 is 1.86 bits per heavy atom. The molecule has 0 heterocycles. The molecule has 1 rings (SSSR count). The van der Waals surface area contributed by atoms with Crippen molar-refractivity contribution in [1.29, 1.82) is 0 Å². The number of hydrogen-bond acceptors (Lipinski definition) is 2. The number of nitrogens with one attached hydrogen (secondary N) is 2. The van der Waals surface area contributed by atoms with E-state index in [2.05, 4.69) is 5.32 Å². The van der Waals surface area contributed by atoms with Crippen LogP contribution in [0.3, 0.4) is 0 Å². The lowest BCUT2D eigenvalue weighted by Gasteiger charge is -2.29. The van der Waals surface area contributed by atoms with Gasteiger partial charge in [-0.1, -0.05) is 20.3 Å². The lowest BCUT2D eigenvalue weighted by molar-refractivity contribution is 0.00827. The number of aliphatic hydroxyl groups is 1. The van der Waals surface area contributed by atoms with Gasteiger partial charge in [0.15, 0.2) is 11.6 Å². The molecule has 0 aliphatic carbocycles. The van der Waals surface area contributed by atoms with E-state index in [1.165, 1.54) is 0 Å². The normalized spacial score (nSPS) is 15.2. The summed E-state index contributed by atoms with van der Waals surface area (Å²) in [5.74, 6) is -3.57. The molecule has 2 amide bonds. The second-order valence-corrected chi connectivity index (χ2v) is 5.22. The molecule has 0 radical (unpaired) electrons. The number of rotatable bonds is 5. The van der Waals surface area contributed by atoms with Crippen LogP contribution in [0.25, 0.3) is 0 Å². The minimum absolute atomic E-state index is 0.0721. The Labute approximate surface area is 121 Å². The summed E-state index contributed by atoms with van der Waals surface area (Å²) < 4.78 is 39.5. The number of anilines is 1. The monoisotopic (exact) mass is 304 g/mol. The summed E-state index contributed by atoms with van der Waals surface area (Å²) in [7, 11) is 0. The highest BCUT2D eigenvalue weighted by molar-refractivity contribution is 5.89. The van der Waals surface area contributed by atoms with E-state index in [9.17, 15) is 23.1 Å². The maximum atomic E-state index is 13.4. The van der Waals surface area contributed by atoms with Crippen molar-refractivity contribution in [2.24, 2.45) is 5.92 Å². The van der Waals surface area contributed by atoms with Crippen LogP contribution in [-0.2, 0) is 0 Å². The predicted molar refractivity (Wildman–Crippen MR) is 73.4 cm³/mol. The van der Waals surface area contributed by atoms with Crippen LogP contribution in [0.1, 0.15) is 27.2 Å².